The molecule has 0 atom stereocenters. The van der Waals surface area contributed by atoms with E-state index >= 15 is 0 Å². The van der Waals surface area contributed by atoms with Gasteiger partial charge in [0.1, 0.15) is 0 Å². The Morgan fingerprint density at radius 1 is 0.406 bits per heavy atom. The van der Waals surface area contributed by atoms with Crippen LogP contribution in [-0.4, -0.2) is 0 Å². The summed E-state index contributed by atoms with van der Waals surface area (Å²) in [6.45, 7) is 21.9. The Morgan fingerprint density at radius 3 is 1.03 bits per heavy atom. The van der Waals surface area contributed by atoms with E-state index in [1.54, 1.807) is 0 Å². The van der Waals surface area contributed by atoms with Crippen LogP contribution < -0.4 is 0 Å². The lowest BCUT2D eigenvalue weighted by molar-refractivity contribution is 0.586. The van der Waals surface area contributed by atoms with E-state index in [4.69, 9.17) is 0 Å². The van der Waals surface area contributed by atoms with Crippen LogP contribution in [0.5, 0.6) is 0 Å². The molecule has 0 aromatic heterocycles. The van der Waals surface area contributed by atoms with Gasteiger partial charge in [-0.25, -0.2) is 0 Å². The van der Waals surface area contributed by atoms with Gasteiger partial charge in [0.15, 0.2) is 0 Å². The Balaban J connectivity index is 0.000000860. The molecule has 0 nitrogen and oxygen atoms in total. The molecular weight excluding hydrogens is 384 g/mol. The van der Waals surface area contributed by atoms with E-state index in [1.807, 2.05) is 27.7 Å². The van der Waals surface area contributed by atoms with Crippen molar-refractivity contribution in [3.05, 3.63) is 83.9 Å². The van der Waals surface area contributed by atoms with Crippen LogP contribution >= 0.6 is 0 Å². The monoisotopic (exact) mass is 426 g/mol. The van der Waals surface area contributed by atoms with Crippen LogP contribution in [0.4, 0.5) is 0 Å². The molecule has 0 unspecified atom stereocenters. The van der Waals surface area contributed by atoms with Gasteiger partial charge >= 0.3 is 0 Å². The molecule has 4 rings (SSSR count). The second-order valence-electron chi connectivity index (χ2n) is 9.92. The van der Waals surface area contributed by atoms with Crippen molar-refractivity contribution in [2.75, 3.05) is 0 Å². The number of hydrogen-bond acceptors (Lipinski definition) is 0. The third kappa shape index (κ3) is 5.07. The molecule has 0 N–H and O–H groups in total. The zero-order chi connectivity index (χ0) is 24.1. The molecule has 0 radical (unpaired) electrons. The first-order valence-corrected chi connectivity index (χ1v) is 12.2. The molecule has 4 aromatic rings. The van der Waals surface area contributed by atoms with Crippen molar-refractivity contribution in [1.82, 2.24) is 0 Å². The van der Waals surface area contributed by atoms with Crippen molar-refractivity contribution < 1.29 is 0 Å². The summed E-state index contributed by atoms with van der Waals surface area (Å²) in [4.78, 5) is 0. The fourth-order valence-electron chi connectivity index (χ4n) is 4.33. The maximum absolute atomic E-state index is 2.34. The maximum Gasteiger partial charge on any atom is -0.00587 e. The lowest BCUT2D eigenvalue weighted by Gasteiger charge is -2.30. The molecule has 0 saturated carbocycles. The van der Waals surface area contributed by atoms with Gasteiger partial charge in [0, 0.05) is 0 Å². The molecule has 0 spiro atoms. The highest BCUT2D eigenvalue weighted by atomic mass is 14.3. The molecule has 0 aliphatic rings. The van der Waals surface area contributed by atoms with Crippen LogP contribution in [0.1, 0.15) is 80.4 Å². The van der Waals surface area contributed by atoms with Gasteiger partial charge in [0.25, 0.3) is 0 Å². The SMILES string of the molecule is CC.CC.CC(C)(C)c1ccc2ccccc2c1-c1c(C(C)(C)C)ccc2ccccc12. The fraction of sp³-hybridized carbons (Fsp3) is 0.375. The molecule has 0 fully saturated rings. The Hall–Kier alpha value is -2.60. The molecule has 0 aliphatic carbocycles. The Labute approximate surface area is 196 Å². The molecule has 32 heavy (non-hydrogen) atoms. The zero-order valence-corrected chi connectivity index (χ0v) is 21.9. The Morgan fingerprint density at radius 2 is 0.719 bits per heavy atom. The largest absolute Gasteiger partial charge is 0.0683 e. The van der Waals surface area contributed by atoms with Crippen LogP contribution in [0.25, 0.3) is 32.7 Å². The quantitative estimate of drug-likeness (QED) is 0.284. The third-order valence-electron chi connectivity index (χ3n) is 5.72. The normalized spacial score (nSPS) is 11.4. The summed E-state index contributed by atoms with van der Waals surface area (Å²) < 4.78 is 0. The number of hydrogen-bond donors (Lipinski definition) is 0. The van der Waals surface area contributed by atoms with Crippen molar-refractivity contribution >= 4 is 21.5 Å². The molecule has 4 aromatic carbocycles. The van der Waals surface area contributed by atoms with Crippen molar-refractivity contribution in [1.29, 1.82) is 0 Å². The summed E-state index contributed by atoms with van der Waals surface area (Å²) in [6.07, 6.45) is 0. The van der Waals surface area contributed by atoms with Crippen LogP contribution in [-0.2, 0) is 10.8 Å². The van der Waals surface area contributed by atoms with E-state index in [1.165, 1.54) is 43.8 Å². The lowest BCUT2D eigenvalue weighted by atomic mass is 9.74. The predicted molar refractivity (Wildman–Crippen MR) is 147 cm³/mol. The summed E-state index contributed by atoms with van der Waals surface area (Å²) in [5.41, 5.74) is 5.73. The lowest BCUT2D eigenvalue weighted by Crippen LogP contribution is -2.17. The van der Waals surface area contributed by atoms with Gasteiger partial charge in [-0.15, -0.1) is 0 Å². The average Bonchev–Trinajstić information content (AvgIpc) is 2.79. The van der Waals surface area contributed by atoms with Crippen LogP contribution in [0.2, 0.25) is 0 Å². The van der Waals surface area contributed by atoms with E-state index in [0.717, 1.165) is 0 Å². The molecule has 0 heterocycles. The predicted octanol–water partition coefficient (Wildman–Crippen LogP) is 10.3. The van der Waals surface area contributed by atoms with Gasteiger partial charge in [-0.1, -0.05) is 142 Å². The third-order valence-corrected chi connectivity index (χ3v) is 5.72. The summed E-state index contributed by atoms with van der Waals surface area (Å²) in [5, 5.41) is 5.30. The molecular formula is C32H42. The molecule has 0 amide bonds. The molecule has 0 heteroatoms. The van der Waals surface area contributed by atoms with E-state index in [0.29, 0.717) is 0 Å². The van der Waals surface area contributed by atoms with Crippen molar-refractivity contribution in [3.63, 3.8) is 0 Å². The fourth-order valence-corrected chi connectivity index (χ4v) is 4.33. The minimum Gasteiger partial charge on any atom is -0.0683 e. The second kappa shape index (κ2) is 10.3. The zero-order valence-electron chi connectivity index (χ0n) is 21.9. The maximum atomic E-state index is 2.34. The molecule has 0 aliphatic heterocycles. The number of benzene rings is 4. The van der Waals surface area contributed by atoms with Crippen molar-refractivity contribution in [2.24, 2.45) is 0 Å². The van der Waals surface area contributed by atoms with Gasteiger partial charge in [0.05, 0.1) is 0 Å². The highest BCUT2D eigenvalue weighted by Gasteiger charge is 2.27. The van der Waals surface area contributed by atoms with Crippen LogP contribution in [0, 0.1) is 0 Å². The highest BCUT2D eigenvalue weighted by Crippen LogP contribution is 2.45. The smallest absolute Gasteiger partial charge is 0.00587 e. The number of fused-ring (bicyclic) bond motifs is 2. The van der Waals surface area contributed by atoms with Gasteiger partial charge < -0.3 is 0 Å². The summed E-state index contributed by atoms with van der Waals surface area (Å²) >= 11 is 0. The summed E-state index contributed by atoms with van der Waals surface area (Å²) in [6, 6.07) is 26.9. The van der Waals surface area contributed by atoms with Crippen molar-refractivity contribution in [2.45, 2.75) is 80.1 Å². The van der Waals surface area contributed by atoms with E-state index in [2.05, 4.69) is 114 Å². The first-order chi connectivity index (χ1) is 15.2. The van der Waals surface area contributed by atoms with E-state index < -0.39 is 0 Å². The topological polar surface area (TPSA) is 0 Å². The van der Waals surface area contributed by atoms with Gasteiger partial charge in [-0.05, 0) is 54.6 Å². The van der Waals surface area contributed by atoms with E-state index in [-0.39, 0.29) is 10.8 Å². The first-order valence-electron chi connectivity index (χ1n) is 12.2. The van der Waals surface area contributed by atoms with E-state index in [9.17, 15) is 0 Å². The van der Waals surface area contributed by atoms with Gasteiger partial charge in [-0.3, -0.25) is 0 Å². The molecule has 170 valence electrons. The Bertz CT molecular complexity index is 1070. The Kier molecular flexibility index (Phi) is 8.29. The van der Waals surface area contributed by atoms with Crippen molar-refractivity contribution in [3.8, 4) is 11.1 Å². The van der Waals surface area contributed by atoms with Crippen LogP contribution in [0.3, 0.4) is 0 Å². The second-order valence-corrected chi connectivity index (χ2v) is 9.92. The summed E-state index contributed by atoms with van der Waals surface area (Å²) in [5.74, 6) is 0. The van der Waals surface area contributed by atoms with Crippen LogP contribution in [0.15, 0.2) is 72.8 Å². The minimum atomic E-state index is 0.0610. The van der Waals surface area contributed by atoms with Gasteiger partial charge in [-0.2, -0.15) is 0 Å². The average molecular weight is 427 g/mol. The standard InChI is InChI=1S/C28H30.2C2H6/c1-27(2,3)23-17-15-19-11-7-9-13-21(19)25(23)26-22-14-10-8-12-20(22)16-18-24(26)28(4,5)6;2*1-2/h7-18H,1-6H3;2*1-2H3. The highest BCUT2D eigenvalue weighted by molar-refractivity contribution is 6.08. The minimum absolute atomic E-state index is 0.0610. The first kappa shape index (κ1) is 25.7. The van der Waals surface area contributed by atoms with Gasteiger partial charge in [0.2, 0.25) is 0 Å². The molecule has 0 saturated heterocycles. The summed E-state index contributed by atoms with van der Waals surface area (Å²) in [7, 11) is 0. The number of rotatable bonds is 1. The molecule has 0 bridgehead atoms.